The maximum Gasteiger partial charge on any atom is 0.387 e. The van der Waals surface area contributed by atoms with Crippen LogP contribution in [0, 0.1) is 5.92 Å². The zero-order chi connectivity index (χ0) is 16.8. The summed E-state index contributed by atoms with van der Waals surface area (Å²) >= 11 is 0. The van der Waals surface area contributed by atoms with Crippen molar-refractivity contribution in [1.29, 1.82) is 0 Å². The minimum Gasteiger partial charge on any atom is -0.435 e. The molecule has 1 fully saturated rings. The van der Waals surface area contributed by atoms with Gasteiger partial charge in [-0.3, -0.25) is 14.5 Å². The lowest BCUT2D eigenvalue weighted by molar-refractivity contribution is -0.123. The lowest BCUT2D eigenvalue weighted by Gasteiger charge is -2.29. The van der Waals surface area contributed by atoms with E-state index < -0.39 is 6.61 Å². The zero-order valence-electron chi connectivity index (χ0n) is 12.5. The molecular formula is C15H19F2N3O3. The summed E-state index contributed by atoms with van der Waals surface area (Å²) in [5.41, 5.74) is 5.77. The smallest absolute Gasteiger partial charge is 0.387 e. The van der Waals surface area contributed by atoms with Crippen molar-refractivity contribution in [1.82, 2.24) is 4.90 Å². The lowest BCUT2D eigenvalue weighted by Crippen LogP contribution is -2.42. The molecular weight excluding hydrogens is 308 g/mol. The molecule has 6 nitrogen and oxygen atoms in total. The summed E-state index contributed by atoms with van der Waals surface area (Å²) in [5.74, 6) is -0.575. The van der Waals surface area contributed by atoms with Crippen LogP contribution >= 0.6 is 0 Å². The Labute approximate surface area is 132 Å². The predicted molar refractivity (Wildman–Crippen MR) is 80.1 cm³/mol. The van der Waals surface area contributed by atoms with Crippen LogP contribution in [0.25, 0.3) is 0 Å². The van der Waals surface area contributed by atoms with E-state index in [1.165, 1.54) is 24.3 Å². The third kappa shape index (κ3) is 5.48. The van der Waals surface area contributed by atoms with Gasteiger partial charge < -0.3 is 15.8 Å². The standard InChI is InChI=1S/C15H19F2N3O3/c16-15(17)23-12-3-1-11(2-4-12)19-13(21)9-20-7-5-10(6-8-20)14(18)22/h1-4,10,15H,5-9H2,(H2,18,22)(H,19,21). The number of anilines is 1. The first-order chi connectivity index (χ1) is 10.9. The fraction of sp³-hybridized carbons (Fsp3) is 0.467. The number of amides is 2. The molecule has 0 spiro atoms. The SMILES string of the molecule is NC(=O)C1CCN(CC(=O)Nc2ccc(OC(F)F)cc2)CC1. The second-order valence-corrected chi connectivity index (χ2v) is 5.40. The highest BCUT2D eigenvalue weighted by atomic mass is 19.3. The number of halogens is 2. The minimum atomic E-state index is -2.88. The number of nitrogens with one attached hydrogen (secondary N) is 1. The molecule has 0 radical (unpaired) electrons. The van der Waals surface area contributed by atoms with Gasteiger partial charge in [0.05, 0.1) is 6.54 Å². The number of hydrogen-bond acceptors (Lipinski definition) is 4. The summed E-state index contributed by atoms with van der Waals surface area (Å²) in [6, 6.07) is 5.71. The number of carbonyl (C=O) groups excluding carboxylic acids is 2. The summed E-state index contributed by atoms with van der Waals surface area (Å²) in [6.45, 7) is -1.38. The number of piperidine rings is 1. The van der Waals surface area contributed by atoms with Gasteiger partial charge in [-0.05, 0) is 50.2 Å². The number of rotatable bonds is 6. The molecule has 8 heteroatoms. The van der Waals surface area contributed by atoms with Crippen LogP contribution in [0.15, 0.2) is 24.3 Å². The fourth-order valence-electron chi connectivity index (χ4n) is 2.50. The van der Waals surface area contributed by atoms with Crippen LogP contribution in [0.3, 0.4) is 0 Å². The van der Waals surface area contributed by atoms with E-state index in [0.29, 0.717) is 31.6 Å². The third-order valence-corrected chi connectivity index (χ3v) is 3.72. The summed E-state index contributed by atoms with van der Waals surface area (Å²) in [7, 11) is 0. The topological polar surface area (TPSA) is 84.7 Å². The molecule has 0 bridgehead atoms. The van der Waals surface area contributed by atoms with Crippen LogP contribution in [0.4, 0.5) is 14.5 Å². The van der Waals surface area contributed by atoms with E-state index in [1.807, 2.05) is 4.90 Å². The van der Waals surface area contributed by atoms with Gasteiger partial charge in [-0.25, -0.2) is 0 Å². The quantitative estimate of drug-likeness (QED) is 0.828. The first-order valence-corrected chi connectivity index (χ1v) is 7.30. The van der Waals surface area contributed by atoms with E-state index in [0.717, 1.165) is 0 Å². The van der Waals surface area contributed by atoms with Crippen molar-refractivity contribution < 1.29 is 23.1 Å². The van der Waals surface area contributed by atoms with Gasteiger partial charge in [-0.15, -0.1) is 0 Å². The van der Waals surface area contributed by atoms with Crippen LogP contribution in [0.5, 0.6) is 5.75 Å². The number of ether oxygens (including phenoxy) is 1. The molecule has 1 aliphatic heterocycles. The largest absolute Gasteiger partial charge is 0.435 e. The van der Waals surface area contributed by atoms with Gasteiger partial charge >= 0.3 is 6.61 Å². The van der Waals surface area contributed by atoms with E-state index in [1.54, 1.807) is 0 Å². The van der Waals surface area contributed by atoms with Crippen LogP contribution in [0.1, 0.15) is 12.8 Å². The Morgan fingerprint density at radius 1 is 1.26 bits per heavy atom. The Hall–Kier alpha value is -2.22. The number of hydrogen-bond donors (Lipinski definition) is 2. The highest BCUT2D eigenvalue weighted by Gasteiger charge is 2.24. The van der Waals surface area contributed by atoms with E-state index in [2.05, 4.69) is 10.1 Å². The molecule has 1 heterocycles. The second-order valence-electron chi connectivity index (χ2n) is 5.40. The molecule has 2 amide bonds. The van der Waals surface area contributed by atoms with Crippen LogP contribution in [-0.4, -0.2) is 43.0 Å². The van der Waals surface area contributed by atoms with E-state index in [9.17, 15) is 18.4 Å². The van der Waals surface area contributed by atoms with E-state index in [4.69, 9.17) is 5.73 Å². The molecule has 0 saturated carbocycles. The molecule has 0 aliphatic carbocycles. The molecule has 1 saturated heterocycles. The van der Waals surface area contributed by atoms with Crippen LogP contribution in [-0.2, 0) is 9.59 Å². The van der Waals surface area contributed by atoms with Crippen LogP contribution < -0.4 is 15.8 Å². The number of likely N-dealkylation sites (tertiary alicyclic amines) is 1. The first-order valence-electron chi connectivity index (χ1n) is 7.30. The highest BCUT2D eigenvalue weighted by Crippen LogP contribution is 2.19. The summed E-state index contributed by atoms with van der Waals surface area (Å²) in [4.78, 5) is 25.0. The van der Waals surface area contributed by atoms with E-state index in [-0.39, 0.29) is 30.0 Å². The van der Waals surface area contributed by atoms with Gasteiger partial charge in [0.25, 0.3) is 0 Å². The summed E-state index contributed by atoms with van der Waals surface area (Å²) in [6.07, 6.45) is 1.31. The van der Waals surface area contributed by atoms with Gasteiger partial charge in [0.1, 0.15) is 5.75 Å². The Kier molecular flexibility index (Phi) is 5.86. The monoisotopic (exact) mass is 327 g/mol. The number of nitrogens with two attached hydrogens (primary N) is 1. The maximum absolute atomic E-state index is 12.0. The van der Waals surface area contributed by atoms with Gasteiger partial charge in [0.2, 0.25) is 11.8 Å². The maximum atomic E-state index is 12.0. The van der Waals surface area contributed by atoms with Crippen LogP contribution in [0.2, 0.25) is 0 Å². The first kappa shape index (κ1) is 17.1. The van der Waals surface area contributed by atoms with Gasteiger partial charge in [0.15, 0.2) is 0 Å². The number of carbonyl (C=O) groups is 2. The molecule has 1 aromatic carbocycles. The molecule has 0 unspecified atom stereocenters. The zero-order valence-corrected chi connectivity index (χ0v) is 12.5. The highest BCUT2D eigenvalue weighted by molar-refractivity contribution is 5.92. The molecule has 1 aliphatic rings. The molecule has 2 rings (SSSR count). The van der Waals surface area contributed by atoms with Crippen molar-refractivity contribution in [2.24, 2.45) is 11.7 Å². The fourth-order valence-corrected chi connectivity index (χ4v) is 2.50. The van der Waals surface area contributed by atoms with Gasteiger partial charge in [0, 0.05) is 11.6 Å². The number of alkyl halides is 2. The molecule has 1 aromatic rings. The Morgan fingerprint density at radius 2 is 1.87 bits per heavy atom. The second kappa shape index (κ2) is 7.87. The molecule has 126 valence electrons. The average Bonchev–Trinajstić information content (AvgIpc) is 2.49. The number of primary amides is 1. The Balaban J connectivity index is 1.78. The lowest BCUT2D eigenvalue weighted by atomic mass is 9.96. The molecule has 0 aromatic heterocycles. The van der Waals surface area contributed by atoms with Crippen molar-refractivity contribution in [2.45, 2.75) is 19.5 Å². The Morgan fingerprint density at radius 3 is 2.39 bits per heavy atom. The van der Waals surface area contributed by atoms with Gasteiger partial charge in [-0.1, -0.05) is 0 Å². The predicted octanol–water partition coefficient (Wildman–Crippen LogP) is 1.42. The molecule has 23 heavy (non-hydrogen) atoms. The van der Waals surface area contributed by atoms with Crippen molar-refractivity contribution >= 4 is 17.5 Å². The van der Waals surface area contributed by atoms with Crippen molar-refractivity contribution in [3.8, 4) is 5.75 Å². The molecule has 3 N–H and O–H groups in total. The van der Waals surface area contributed by atoms with Crippen molar-refractivity contribution in [3.05, 3.63) is 24.3 Å². The average molecular weight is 327 g/mol. The minimum absolute atomic E-state index is 0.0338. The normalized spacial score (nSPS) is 16.3. The van der Waals surface area contributed by atoms with Gasteiger partial charge in [-0.2, -0.15) is 8.78 Å². The number of benzene rings is 1. The van der Waals surface area contributed by atoms with E-state index >= 15 is 0 Å². The van der Waals surface area contributed by atoms with Crippen molar-refractivity contribution in [3.63, 3.8) is 0 Å². The van der Waals surface area contributed by atoms with Crippen molar-refractivity contribution in [2.75, 3.05) is 25.0 Å². The Bertz CT molecular complexity index is 543. The summed E-state index contributed by atoms with van der Waals surface area (Å²) < 4.78 is 28.3. The third-order valence-electron chi connectivity index (χ3n) is 3.72. The molecule has 0 atom stereocenters. The number of nitrogens with zero attached hydrogens (tertiary/aromatic N) is 1. The summed E-state index contributed by atoms with van der Waals surface area (Å²) in [5, 5.41) is 2.69.